The first kappa shape index (κ1) is 14.0. The fourth-order valence-corrected chi connectivity index (χ4v) is 1.86. The van der Waals surface area contributed by atoms with Crippen LogP contribution >= 0.6 is 0 Å². The lowest BCUT2D eigenvalue weighted by atomic mass is 10.1. The SMILES string of the molecule is COc1ccc(CNc2cccc(F)c2C(C)=O)cn1. The standard InChI is InChI=1S/C15H15FN2O2/c1-10(19)15-12(16)4-3-5-13(15)17-8-11-6-7-14(20-2)18-9-11/h3-7,9,17H,8H2,1-2H3. The summed E-state index contributed by atoms with van der Waals surface area (Å²) >= 11 is 0. The number of ketones is 1. The molecule has 2 aromatic rings. The molecule has 5 heteroatoms. The van der Waals surface area contributed by atoms with Gasteiger partial charge in [-0.25, -0.2) is 9.37 Å². The topological polar surface area (TPSA) is 51.2 Å². The number of carbonyl (C=O) groups is 1. The van der Waals surface area contributed by atoms with E-state index in [1.807, 2.05) is 6.07 Å². The van der Waals surface area contributed by atoms with Crippen molar-refractivity contribution >= 4 is 11.5 Å². The predicted molar refractivity (Wildman–Crippen MR) is 74.5 cm³/mol. The van der Waals surface area contributed by atoms with Gasteiger partial charge in [0.15, 0.2) is 5.78 Å². The van der Waals surface area contributed by atoms with Crippen LogP contribution in [0.25, 0.3) is 0 Å². The number of nitrogens with zero attached hydrogens (tertiary/aromatic N) is 1. The van der Waals surface area contributed by atoms with Crippen LogP contribution in [0.15, 0.2) is 36.5 Å². The molecule has 104 valence electrons. The number of nitrogens with one attached hydrogen (secondary N) is 1. The highest BCUT2D eigenvalue weighted by molar-refractivity contribution is 5.99. The van der Waals surface area contributed by atoms with Crippen LogP contribution in [0.4, 0.5) is 10.1 Å². The van der Waals surface area contributed by atoms with Gasteiger partial charge in [0, 0.05) is 24.5 Å². The first-order valence-electron chi connectivity index (χ1n) is 6.14. The van der Waals surface area contributed by atoms with Gasteiger partial charge >= 0.3 is 0 Å². The molecule has 0 saturated carbocycles. The molecule has 0 aliphatic heterocycles. The fraction of sp³-hybridized carbons (Fsp3) is 0.200. The molecule has 1 N–H and O–H groups in total. The van der Waals surface area contributed by atoms with E-state index in [1.165, 1.54) is 13.0 Å². The van der Waals surface area contributed by atoms with E-state index in [0.29, 0.717) is 18.1 Å². The molecule has 20 heavy (non-hydrogen) atoms. The van der Waals surface area contributed by atoms with Crippen LogP contribution in [-0.2, 0) is 6.54 Å². The smallest absolute Gasteiger partial charge is 0.212 e. The zero-order chi connectivity index (χ0) is 14.5. The summed E-state index contributed by atoms with van der Waals surface area (Å²) in [5.41, 5.74) is 1.46. The number of ether oxygens (including phenoxy) is 1. The minimum absolute atomic E-state index is 0.0778. The molecule has 0 atom stereocenters. The molecule has 0 saturated heterocycles. The minimum atomic E-state index is -0.518. The number of pyridine rings is 1. The second kappa shape index (κ2) is 6.14. The molecule has 1 aromatic heterocycles. The molecule has 0 unspecified atom stereocenters. The molecular formula is C15H15FN2O2. The van der Waals surface area contributed by atoms with Crippen LogP contribution in [0.5, 0.6) is 5.88 Å². The summed E-state index contributed by atoms with van der Waals surface area (Å²) in [6.07, 6.45) is 1.67. The molecule has 0 aliphatic rings. The van der Waals surface area contributed by atoms with E-state index in [4.69, 9.17) is 4.74 Å². The zero-order valence-electron chi connectivity index (χ0n) is 11.3. The van der Waals surface area contributed by atoms with Gasteiger partial charge < -0.3 is 10.1 Å². The molecule has 2 rings (SSSR count). The zero-order valence-corrected chi connectivity index (χ0v) is 11.3. The first-order valence-corrected chi connectivity index (χ1v) is 6.14. The third kappa shape index (κ3) is 3.12. The molecule has 1 aromatic carbocycles. The number of benzene rings is 1. The van der Waals surface area contributed by atoms with Gasteiger partial charge in [0.1, 0.15) is 5.82 Å². The van der Waals surface area contributed by atoms with Crippen molar-refractivity contribution in [2.45, 2.75) is 13.5 Å². The van der Waals surface area contributed by atoms with Gasteiger partial charge in [0.05, 0.1) is 12.7 Å². The van der Waals surface area contributed by atoms with Crippen molar-refractivity contribution in [2.24, 2.45) is 0 Å². The maximum atomic E-state index is 13.6. The van der Waals surface area contributed by atoms with Gasteiger partial charge in [0.25, 0.3) is 0 Å². The second-order valence-corrected chi connectivity index (χ2v) is 4.28. The highest BCUT2D eigenvalue weighted by Gasteiger charge is 2.12. The summed E-state index contributed by atoms with van der Waals surface area (Å²) < 4.78 is 18.6. The Labute approximate surface area is 116 Å². The number of hydrogen-bond acceptors (Lipinski definition) is 4. The Morgan fingerprint density at radius 1 is 1.35 bits per heavy atom. The summed E-state index contributed by atoms with van der Waals surface area (Å²) in [5.74, 6) is -0.294. The number of Topliss-reactive ketones (excluding diaryl/α,β-unsaturated/α-hetero) is 1. The number of rotatable bonds is 5. The average Bonchev–Trinajstić information content (AvgIpc) is 2.45. The Bertz CT molecular complexity index is 612. The summed E-state index contributed by atoms with van der Waals surface area (Å²) in [6, 6.07) is 8.12. The van der Waals surface area contributed by atoms with E-state index in [-0.39, 0.29) is 11.3 Å². The number of aromatic nitrogens is 1. The fourth-order valence-electron chi connectivity index (χ4n) is 1.86. The Morgan fingerprint density at radius 3 is 2.75 bits per heavy atom. The summed E-state index contributed by atoms with van der Waals surface area (Å²) in [5, 5.41) is 3.05. The van der Waals surface area contributed by atoms with Crippen LogP contribution in [-0.4, -0.2) is 17.9 Å². The molecule has 0 radical (unpaired) electrons. The maximum absolute atomic E-state index is 13.6. The lowest BCUT2D eigenvalue weighted by Gasteiger charge is -2.11. The number of carbonyl (C=O) groups excluding carboxylic acids is 1. The highest BCUT2D eigenvalue weighted by Crippen LogP contribution is 2.20. The quantitative estimate of drug-likeness (QED) is 0.851. The van der Waals surface area contributed by atoms with Crippen molar-refractivity contribution in [3.8, 4) is 5.88 Å². The Hall–Kier alpha value is -2.43. The van der Waals surface area contributed by atoms with Crippen LogP contribution in [0, 0.1) is 5.82 Å². The largest absolute Gasteiger partial charge is 0.481 e. The van der Waals surface area contributed by atoms with Crippen molar-refractivity contribution in [1.29, 1.82) is 0 Å². The lowest BCUT2D eigenvalue weighted by molar-refractivity contribution is 0.101. The van der Waals surface area contributed by atoms with Crippen molar-refractivity contribution in [3.05, 3.63) is 53.5 Å². The third-order valence-corrected chi connectivity index (χ3v) is 2.86. The molecule has 0 bridgehead atoms. The van der Waals surface area contributed by atoms with Gasteiger partial charge in [-0.3, -0.25) is 4.79 Å². The second-order valence-electron chi connectivity index (χ2n) is 4.28. The van der Waals surface area contributed by atoms with Crippen molar-refractivity contribution in [2.75, 3.05) is 12.4 Å². The van der Waals surface area contributed by atoms with E-state index in [1.54, 1.807) is 31.5 Å². The molecule has 1 heterocycles. The van der Waals surface area contributed by atoms with Gasteiger partial charge in [-0.15, -0.1) is 0 Å². The first-order chi connectivity index (χ1) is 9.61. The predicted octanol–water partition coefficient (Wildman–Crippen LogP) is 3.04. The number of hydrogen-bond donors (Lipinski definition) is 1. The van der Waals surface area contributed by atoms with E-state index < -0.39 is 5.82 Å². The van der Waals surface area contributed by atoms with Gasteiger partial charge in [0.2, 0.25) is 5.88 Å². The number of methoxy groups -OCH3 is 1. The van der Waals surface area contributed by atoms with Gasteiger partial charge in [-0.2, -0.15) is 0 Å². The van der Waals surface area contributed by atoms with Crippen molar-refractivity contribution < 1.29 is 13.9 Å². The summed E-state index contributed by atoms with van der Waals surface area (Å²) in [7, 11) is 1.55. The average molecular weight is 274 g/mol. The van der Waals surface area contributed by atoms with E-state index in [2.05, 4.69) is 10.3 Å². The number of anilines is 1. The van der Waals surface area contributed by atoms with E-state index in [0.717, 1.165) is 5.56 Å². The lowest BCUT2D eigenvalue weighted by Crippen LogP contribution is -2.07. The Morgan fingerprint density at radius 2 is 2.15 bits per heavy atom. The van der Waals surface area contributed by atoms with E-state index >= 15 is 0 Å². The highest BCUT2D eigenvalue weighted by atomic mass is 19.1. The number of halogens is 1. The van der Waals surface area contributed by atoms with Crippen LogP contribution in [0.1, 0.15) is 22.8 Å². The van der Waals surface area contributed by atoms with Gasteiger partial charge in [-0.1, -0.05) is 12.1 Å². The molecule has 0 amide bonds. The molecule has 0 spiro atoms. The summed E-state index contributed by atoms with van der Waals surface area (Å²) in [6.45, 7) is 1.79. The molecule has 4 nitrogen and oxygen atoms in total. The normalized spacial score (nSPS) is 10.2. The van der Waals surface area contributed by atoms with Crippen LogP contribution in [0.3, 0.4) is 0 Å². The molecule has 0 aliphatic carbocycles. The van der Waals surface area contributed by atoms with Crippen molar-refractivity contribution in [1.82, 2.24) is 4.98 Å². The maximum Gasteiger partial charge on any atom is 0.212 e. The Balaban J connectivity index is 2.14. The van der Waals surface area contributed by atoms with Gasteiger partial charge in [-0.05, 0) is 24.6 Å². The van der Waals surface area contributed by atoms with Crippen LogP contribution in [0.2, 0.25) is 0 Å². The third-order valence-electron chi connectivity index (χ3n) is 2.86. The summed E-state index contributed by atoms with van der Waals surface area (Å²) in [4.78, 5) is 15.6. The monoisotopic (exact) mass is 274 g/mol. The molecular weight excluding hydrogens is 259 g/mol. The Kier molecular flexibility index (Phi) is 4.30. The van der Waals surface area contributed by atoms with E-state index in [9.17, 15) is 9.18 Å². The minimum Gasteiger partial charge on any atom is -0.481 e. The van der Waals surface area contributed by atoms with Crippen molar-refractivity contribution in [3.63, 3.8) is 0 Å². The van der Waals surface area contributed by atoms with Crippen LogP contribution < -0.4 is 10.1 Å². The molecule has 0 fully saturated rings.